The van der Waals surface area contributed by atoms with Crippen LogP contribution in [-0.2, 0) is 4.79 Å². The average molecular weight is 367 g/mol. The van der Waals surface area contributed by atoms with Gasteiger partial charge in [-0.1, -0.05) is 0 Å². The maximum Gasteiger partial charge on any atom is 0.235 e. The number of amides is 1. The predicted molar refractivity (Wildman–Crippen MR) is 113 cm³/mol. The Morgan fingerprint density at radius 3 is 2.21 bits per heavy atom. The minimum Gasteiger partial charge on any atom is -0.354 e. The topological polar surface area (TPSA) is 75.6 Å². The molecule has 0 atom stereocenters. The zero-order valence-corrected chi connectivity index (χ0v) is 15.2. The molecule has 0 radical (unpaired) electrons. The highest BCUT2D eigenvalue weighted by Crippen LogP contribution is 2.20. The molecule has 3 aromatic heterocycles. The van der Waals surface area contributed by atoms with Gasteiger partial charge in [0.15, 0.2) is 0 Å². The lowest BCUT2D eigenvalue weighted by Crippen LogP contribution is -2.19. The smallest absolute Gasteiger partial charge is 0.235 e. The standard InChI is InChI=1S/C22H17N5O/c1-14(28)26-27-18-8-4-17-6-11-20(24-17)19-10-5-15(23-19)2-3-16-7-12-21(25-16)22(27)13-9-18/h2-13,25H,1H3,(H,26,28). The Bertz CT molecular complexity index is 1320. The van der Waals surface area contributed by atoms with E-state index in [9.17, 15) is 4.79 Å². The molecule has 2 N–H and O–H groups in total. The van der Waals surface area contributed by atoms with E-state index in [1.54, 1.807) is 4.68 Å². The normalized spacial score (nSPS) is 12.3. The zero-order chi connectivity index (χ0) is 19.1. The van der Waals surface area contributed by atoms with Gasteiger partial charge in [0.25, 0.3) is 0 Å². The van der Waals surface area contributed by atoms with Gasteiger partial charge in [-0.3, -0.25) is 14.9 Å². The van der Waals surface area contributed by atoms with Gasteiger partial charge < -0.3 is 4.98 Å². The molecule has 28 heavy (non-hydrogen) atoms. The molecule has 1 amide bonds. The van der Waals surface area contributed by atoms with E-state index in [2.05, 4.69) is 20.4 Å². The number of carbonyl (C=O) groups excluding carboxylic acids is 1. The van der Waals surface area contributed by atoms with Gasteiger partial charge in [-0.2, -0.15) is 0 Å². The SMILES string of the molecule is CC(=O)Nn1c2ccc3nc(c4nc(ccc5ccc([nH]5)c1cc2)C=C4)C=C3. The first-order valence-electron chi connectivity index (χ1n) is 8.98. The summed E-state index contributed by atoms with van der Waals surface area (Å²) in [6.45, 7) is 1.50. The maximum absolute atomic E-state index is 11.7. The van der Waals surface area contributed by atoms with Crippen LogP contribution in [0.1, 0.15) is 29.7 Å². The van der Waals surface area contributed by atoms with Gasteiger partial charge in [0, 0.05) is 12.4 Å². The second-order valence-corrected chi connectivity index (χ2v) is 6.65. The van der Waals surface area contributed by atoms with Crippen molar-refractivity contribution < 1.29 is 4.79 Å². The van der Waals surface area contributed by atoms with Gasteiger partial charge in [-0.15, -0.1) is 0 Å². The number of nitrogens with zero attached hydrogens (tertiary/aromatic N) is 3. The van der Waals surface area contributed by atoms with E-state index in [0.717, 1.165) is 44.8 Å². The second kappa shape index (κ2) is 6.35. The quantitative estimate of drug-likeness (QED) is 0.466. The first kappa shape index (κ1) is 16.3. The summed E-state index contributed by atoms with van der Waals surface area (Å²) in [4.78, 5) is 24.4. The van der Waals surface area contributed by atoms with E-state index < -0.39 is 0 Å². The van der Waals surface area contributed by atoms with E-state index in [4.69, 9.17) is 0 Å². The monoisotopic (exact) mass is 367 g/mol. The lowest BCUT2D eigenvalue weighted by Gasteiger charge is -2.06. The fraction of sp³-hybridized carbons (Fsp3) is 0.0455. The fourth-order valence-corrected chi connectivity index (χ4v) is 3.31. The molecule has 0 spiro atoms. The highest BCUT2D eigenvalue weighted by molar-refractivity contribution is 5.88. The zero-order valence-electron chi connectivity index (χ0n) is 15.2. The van der Waals surface area contributed by atoms with Crippen molar-refractivity contribution in [1.29, 1.82) is 0 Å². The van der Waals surface area contributed by atoms with E-state index in [1.165, 1.54) is 6.92 Å². The van der Waals surface area contributed by atoms with Crippen LogP contribution in [0.5, 0.6) is 0 Å². The summed E-state index contributed by atoms with van der Waals surface area (Å²) >= 11 is 0. The molecule has 6 heteroatoms. The van der Waals surface area contributed by atoms with Crippen molar-refractivity contribution in [1.82, 2.24) is 19.6 Å². The average Bonchev–Trinajstić information content (AvgIpc) is 3.43. The number of nitrogens with one attached hydrogen (secondary N) is 2. The van der Waals surface area contributed by atoms with E-state index in [1.807, 2.05) is 72.8 Å². The van der Waals surface area contributed by atoms with Crippen LogP contribution < -0.4 is 5.43 Å². The highest BCUT2D eigenvalue weighted by atomic mass is 16.2. The van der Waals surface area contributed by atoms with Crippen molar-refractivity contribution in [3.63, 3.8) is 0 Å². The first-order valence-corrected chi connectivity index (χ1v) is 8.98. The number of fused-ring (bicyclic) bond motifs is 10. The van der Waals surface area contributed by atoms with Crippen LogP contribution >= 0.6 is 0 Å². The molecule has 8 bridgehead atoms. The Hall–Kier alpha value is -3.93. The molecular weight excluding hydrogens is 350 g/mol. The molecule has 5 rings (SSSR count). The van der Waals surface area contributed by atoms with Gasteiger partial charge in [0.05, 0.1) is 39.3 Å². The molecule has 3 aromatic rings. The lowest BCUT2D eigenvalue weighted by atomic mass is 10.3. The highest BCUT2D eigenvalue weighted by Gasteiger charge is 2.07. The van der Waals surface area contributed by atoms with Crippen LogP contribution in [0.4, 0.5) is 0 Å². The van der Waals surface area contributed by atoms with Crippen molar-refractivity contribution in [3.05, 3.63) is 71.3 Å². The van der Waals surface area contributed by atoms with Crippen LogP contribution in [0.15, 0.2) is 48.5 Å². The van der Waals surface area contributed by atoms with Crippen molar-refractivity contribution in [2.75, 3.05) is 5.43 Å². The van der Waals surface area contributed by atoms with Crippen LogP contribution in [0, 0.1) is 0 Å². The number of hydrogen-bond donors (Lipinski definition) is 2. The van der Waals surface area contributed by atoms with Crippen LogP contribution in [0.3, 0.4) is 0 Å². The molecule has 5 heterocycles. The molecule has 0 fully saturated rings. The van der Waals surface area contributed by atoms with Gasteiger partial charge in [-0.05, 0) is 72.8 Å². The molecule has 136 valence electrons. The Labute approximate surface area is 160 Å². The third kappa shape index (κ3) is 2.91. The molecule has 0 saturated heterocycles. The second-order valence-electron chi connectivity index (χ2n) is 6.65. The number of rotatable bonds is 1. The third-order valence-electron chi connectivity index (χ3n) is 4.61. The minimum atomic E-state index is -0.140. The maximum atomic E-state index is 11.7. The number of aromatic nitrogens is 4. The summed E-state index contributed by atoms with van der Waals surface area (Å²) in [5, 5.41) is 0. The van der Waals surface area contributed by atoms with E-state index >= 15 is 0 Å². The Balaban J connectivity index is 1.86. The molecule has 0 unspecified atom stereocenters. The molecular formula is C22H17N5O. The van der Waals surface area contributed by atoms with E-state index in [-0.39, 0.29) is 5.91 Å². The fourth-order valence-electron chi connectivity index (χ4n) is 3.31. The van der Waals surface area contributed by atoms with Crippen LogP contribution in [0.25, 0.3) is 46.4 Å². The van der Waals surface area contributed by atoms with E-state index in [0.29, 0.717) is 0 Å². The molecule has 0 aromatic carbocycles. The van der Waals surface area contributed by atoms with Crippen molar-refractivity contribution in [2.45, 2.75) is 6.92 Å². The van der Waals surface area contributed by atoms with Gasteiger partial charge in [0.2, 0.25) is 5.91 Å². The summed E-state index contributed by atoms with van der Waals surface area (Å²) in [5.41, 5.74) is 9.86. The van der Waals surface area contributed by atoms with Gasteiger partial charge in [0.1, 0.15) is 0 Å². The summed E-state index contributed by atoms with van der Waals surface area (Å²) in [5.74, 6) is -0.140. The largest absolute Gasteiger partial charge is 0.354 e. The minimum absolute atomic E-state index is 0.140. The van der Waals surface area contributed by atoms with Gasteiger partial charge in [-0.25, -0.2) is 9.97 Å². The number of aromatic amines is 1. The molecule has 0 aliphatic carbocycles. The number of carbonyl (C=O) groups is 1. The third-order valence-corrected chi connectivity index (χ3v) is 4.61. The number of H-pyrrole nitrogens is 1. The molecule has 2 aliphatic rings. The Morgan fingerprint density at radius 2 is 1.50 bits per heavy atom. The first-order chi connectivity index (χ1) is 13.7. The van der Waals surface area contributed by atoms with Crippen molar-refractivity contribution in [2.24, 2.45) is 0 Å². The summed E-state index contributed by atoms with van der Waals surface area (Å²) < 4.78 is 1.78. The molecule has 0 saturated carbocycles. The van der Waals surface area contributed by atoms with Crippen LogP contribution in [-0.4, -0.2) is 25.5 Å². The van der Waals surface area contributed by atoms with Gasteiger partial charge >= 0.3 is 0 Å². The van der Waals surface area contributed by atoms with Crippen LogP contribution in [0.2, 0.25) is 0 Å². The Morgan fingerprint density at radius 1 is 0.857 bits per heavy atom. The predicted octanol–water partition coefficient (Wildman–Crippen LogP) is 4.22. The Kier molecular flexibility index (Phi) is 3.69. The lowest BCUT2D eigenvalue weighted by molar-refractivity contribution is -0.115. The van der Waals surface area contributed by atoms with Crippen molar-refractivity contribution in [3.8, 4) is 0 Å². The van der Waals surface area contributed by atoms with Crippen molar-refractivity contribution >= 4 is 52.3 Å². The summed E-state index contributed by atoms with van der Waals surface area (Å²) in [6.07, 6.45) is 7.87. The summed E-state index contributed by atoms with van der Waals surface area (Å²) in [6, 6.07) is 15.7. The molecule has 6 nitrogen and oxygen atoms in total. The number of hydrogen-bond acceptors (Lipinski definition) is 3. The molecule has 2 aliphatic heterocycles. The summed E-state index contributed by atoms with van der Waals surface area (Å²) in [7, 11) is 0.